The topological polar surface area (TPSA) is 88.2 Å². The molecule has 0 atom stereocenters. The number of carbonyl (C=O) groups excluding carboxylic acids is 1. The molecular weight excluding hydrogens is 358 g/mol. The predicted molar refractivity (Wildman–Crippen MR) is 98.1 cm³/mol. The summed E-state index contributed by atoms with van der Waals surface area (Å²) in [6, 6.07) is 4.65. The van der Waals surface area contributed by atoms with Gasteiger partial charge < -0.3 is 19.3 Å². The number of hydrogen-bond donors (Lipinski definition) is 1. The Morgan fingerprint density at radius 1 is 1.23 bits per heavy atom. The van der Waals surface area contributed by atoms with Gasteiger partial charge in [-0.25, -0.2) is 17.9 Å². The van der Waals surface area contributed by atoms with Crippen LogP contribution in [0.3, 0.4) is 0 Å². The first-order chi connectivity index (χ1) is 12.3. The molecule has 1 aliphatic heterocycles. The Labute approximate surface area is 155 Å². The lowest BCUT2D eigenvalue weighted by atomic mass is 9.97. The molecule has 0 bridgehead atoms. The van der Waals surface area contributed by atoms with Gasteiger partial charge in [0, 0.05) is 39.8 Å². The van der Waals surface area contributed by atoms with E-state index < -0.39 is 10.0 Å². The van der Waals surface area contributed by atoms with Gasteiger partial charge in [-0.1, -0.05) is 0 Å². The second-order valence-electron chi connectivity index (χ2n) is 6.48. The van der Waals surface area contributed by atoms with Crippen molar-refractivity contribution in [3.8, 4) is 11.5 Å². The fourth-order valence-corrected chi connectivity index (χ4v) is 4.21. The molecule has 2 rings (SSSR count). The fourth-order valence-electron chi connectivity index (χ4n) is 2.91. The van der Waals surface area contributed by atoms with Crippen molar-refractivity contribution in [2.45, 2.75) is 17.7 Å². The van der Waals surface area contributed by atoms with Crippen molar-refractivity contribution >= 4 is 16.1 Å². The highest BCUT2D eigenvalue weighted by Crippen LogP contribution is 2.28. The highest BCUT2D eigenvalue weighted by Gasteiger charge is 2.26. The van der Waals surface area contributed by atoms with Crippen LogP contribution in [0.2, 0.25) is 0 Å². The van der Waals surface area contributed by atoms with Crippen LogP contribution in [0.1, 0.15) is 12.8 Å². The van der Waals surface area contributed by atoms with Crippen molar-refractivity contribution in [3.63, 3.8) is 0 Å². The molecule has 1 aromatic carbocycles. The second-order valence-corrected chi connectivity index (χ2v) is 8.21. The van der Waals surface area contributed by atoms with Crippen LogP contribution < -0.4 is 14.2 Å². The van der Waals surface area contributed by atoms with E-state index in [9.17, 15) is 13.2 Å². The Bertz CT molecular complexity index is 728. The minimum Gasteiger partial charge on any atom is -0.497 e. The smallest absolute Gasteiger partial charge is 0.319 e. The quantitative estimate of drug-likeness (QED) is 0.799. The number of nitrogens with zero attached hydrogens (tertiary/aromatic N) is 2. The zero-order valence-corrected chi connectivity index (χ0v) is 16.5. The minimum absolute atomic E-state index is 0.00912. The second kappa shape index (κ2) is 8.59. The number of ether oxygens (including phenoxy) is 2. The average Bonchev–Trinajstić information content (AvgIpc) is 2.65. The predicted octanol–water partition coefficient (Wildman–Crippen LogP) is 1.38. The molecule has 0 aliphatic carbocycles. The van der Waals surface area contributed by atoms with Gasteiger partial charge in [-0.05, 0) is 30.9 Å². The summed E-state index contributed by atoms with van der Waals surface area (Å²) in [5.74, 6) is 0.902. The van der Waals surface area contributed by atoms with Crippen molar-refractivity contribution in [3.05, 3.63) is 18.2 Å². The van der Waals surface area contributed by atoms with Crippen LogP contribution in [-0.4, -0.2) is 72.2 Å². The molecule has 1 heterocycles. The van der Waals surface area contributed by atoms with E-state index in [4.69, 9.17) is 9.47 Å². The van der Waals surface area contributed by atoms with E-state index in [0.717, 1.165) is 12.8 Å². The number of piperidine rings is 1. The Kier molecular flexibility index (Phi) is 6.71. The Balaban J connectivity index is 1.98. The SMILES string of the molecule is COc1ccc(OC)c(S(=O)(=O)NCC2CCN(C(=O)N(C)C)CC2)c1. The Morgan fingerprint density at radius 2 is 1.88 bits per heavy atom. The van der Waals surface area contributed by atoms with E-state index in [0.29, 0.717) is 25.4 Å². The lowest BCUT2D eigenvalue weighted by Crippen LogP contribution is -2.45. The molecule has 1 aromatic rings. The molecule has 1 saturated heterocycles. The summed E-state index contributed by atoms with van der Waals surface area (Å²) in [5.41, 5.74) is 0. The number of rotatable bonds is 6. The Morgan fingerprint density at radius 3 is 2.42 bits per heavy atom. The first-order valence-electron chi connectivity index (χ1n) is 8.46. The summed E-state index contributed by atoms with van der Waals surface area (Å²) >= 11 is 0. The molecular formula is C17H27N3O5S. The molecule has 146 valence electrons. The van der Waals surface area contributed by atoms with Crippen LogP contribution in [0.15, 0.2) is 23.1 Å². The van der Waals surface area contributed by atoms with E-state index in [-0.39, 0.29) is 22.6 Å². The van der Waals surface area contributed by atoms with E-state index in [1.54, 1.807) is 36.0 Å². The number of hydrogen-bond acceptors (Lipinski definition) is 5. The van der Waals surface area contributed by atoms with E-state index in [1.165, 1.54) is 20.3 Å². The third-order valence-corrected chi connectivity index (χ3v) is 5.93. The Hall–Kier alpha value is -2.00. The largest absolute Gasteiger partial charge is 0.497 e. The van der Waals surface area contributed by atoms with E-state index >= 15 is 0 Å². The molecule has 0 aromatic heterocycles. The van der Waals surface area contributed by atoms with Crippen LogP contribution in [0.5, 0.6) is 11.5 Å². The van der Waals surface area contributed by atoms with Crippen molar-refractivity contribution in [1.82, 2.24) is 14.5 Å². The number of likely N-dealkylation sites (tertiary alicyclic amines) is 1. The number of sulfonamides is 1. The van der Waals surface area contributed by atoms with Crippen LogP contribution in [0.25, 0.3) is 0 Å². The van der Waals surface area contributed by atoms with E-state index in [1.807, 2.05) is 0 Å². The summed E-state index contributed by atoms with van der Waals surface area (Å²) < 4.78 is 38.3. The summed E-state index contributed by atoms with van der Waals surface area (Å²) in [6.45, 7) is 1.59. The maximum Gasteiger partial charge on any atom is 0.319 e. The lowest BCUT2D eigenvalue weighted by Gasteiger charge is -2.33. The van der Waals surface area contributed by atoms with Gasteiger partial charge in [0.15, 0.2) is 0 Å². The summed E-state index contributed by atoms with van der Waals surface area (Å²) in [7, 11) is 2.64. The molecule has 0 saturated carbocycles. The number of carbonyl (C=O) groups is 1. The molecule has 8 nitrogen and oxygen atoms in total. The molecule has 2 amide bonds. The monoisotopic (exact) mass is 385 g/mol. The number of nitrogens with one attached hydrogen (secondary N) is 1. The maximum atomic E-state index is 12.7. The van der Waals surface area contributed by atoms with Gasteiger partial charge in [0.05, 0.1) is 14.2 Å². The molecule has 0 radical (unpaired) electrons. The number of methoxy groups -OCH3 is 2. The lowest BCUT2D eigenvalue weighted by molar-refractivity contribution is 0.148. The molecule has 9 heteroatoms. The highest BCUT2D eigenvalue weighted by molar-refractivity contribution is 7.89. The van der Waals surface area contributed by atoms with Crippen molar-refractivity contribution in [2.75, 3.05) is 47.9 Å². The third kappa shape index (κ3) is 4.79. The molecule has 1 N–H and O–H groups in total. The standard InChI is InChI=1S/C17H27N3O5S/c1-19(2)17(21)20-9-7-13(8-10-20)12-18-26(22,23)16-11-14(24-3)5-6-15(16)25-4/h5-6,11,13,18H,7-10,12H2,1-4H3. The zero-order chi connectivity index (χ0) is 19.3. The highest BCUT2D eigenvalue weighted by atomic mass is 32.2. The summed E-state index contributed by atoms with van der Waals surface area (Å²) in [6.07, 6.45) is 1.52. The van der Waals surface area contributed by atoms with Crippen LogP contribution in [0, 0.1) is 5.92 Å². The summed E-state index contributed by atoms with van der Waals surface area (Å²) in [4.78, 5) is 15.3. The molecule has 1 aliphatic rings. The molecule has 1 fully saturated rings. The molecule has 26 heavy (non-hydrogen) atoms. The molecule has 0 spiro atoms. The molecule has 0 unspecified atom stereocenters. The van der Waals surface area contributed by atoms with Gasteiger partial charge in [0.2, 0.25) is 10.0 Å². The average molecular weight is 385 g/mol. The third-order valence-electron chi connectivity index (χ3n) is 4.49. The van der Waals surface area contributed by atoms with Gasteiger partial charge in [-0.2, -0.15) is 0 Å². The zero-order valence-electron chi connectivity index (χ0n) is 15.7. The van der Waals surface area contributed by atoms with Crippen LogP contribution in [-0.2, 0) is 10.0 Å². The van der Waals surface area contributed by atoms with Crippen LogP contribution in [0.4, 0.5) is 4.79 Å². The van der Waals surface area contributed by atoms with Crippen LogP contribution >= 0.6 is 0 Å². The minimum atomic E-state index is -3.72. The summed E-state index contributed by atoms with van der Waals surface area (Å²) in [5, 5.41) is 0. The van der Waals surface area contributed by atoms with Gasteiger partial charge in [-0.3, -0.25) is 0 Å². The first-order valence-corrected chi connectivity index (χ1v) is 9.94. The van der Waals surface area contributed by atoms with E-state index in [2.05, 4.69) is 4.72 Å². The van der Waals surface area contributed by atoms with Gasteiger partial charge in [-0.15, -0.1) is 0 Å². The number of amides is 2. The van der Waals surface area contributed by atoms with Crippen molar-refractivity contribution < 1.29 is 22.7 Å². The van der Waals surface area contributed by atoms with Gasteiger partial charge >= 0.3 is 6.03 Å². The van der Waals surface area contributed by atoms with Crippen molar-refractivity contribution in [2.24, 2.45) is 5.92 Å². The van der Waals surface area contributed by atoms with Crippen molar-refractivity contribution in [1.29, 1.82) is 0 Å². The first kappa shape index (κ1) is 20.3. The number of benzene rings is 1. The normalized spacial score (nSPS) is 15.6. The van der Waals surface area contributed by atoms with Gasteiger partial charge in [0.1, 0.15) is 16.4 Å². The number of urea groups is 1. The maximum absolute atomic E-state index is 12.7. The fraction of sp³-hybridized carbons (Fsp3) is 0.588. The van der Waals surface area contributed by atoms with Gasteiger partial charge in [0.25, 0.3) is 0 Å².